The smallest absolute Gasteiger partial charge is 0.137 e. The van der Waals surface area contributed by atoms with Gasteiger partial charge in [-0.2, -0.15) is 0 Å². The number of halogens is 1. The van der Waals surface area contributed by atoms with E-state index in [0.717, 1.165) is 0 Å². The quantitative estimate of drug-likeness (QED) is 0.391. The highest BCUT2D eigenvalue weighted by Gasteiger charge is 1.91. The summed E-state index contributed by atoms with van der Waals surface area (Å²) >= 11 is 5.10. The summed E-state index contributed by atoms with van der Waals surface area (Å²) in [6.45, 7) is 0. The standard InChI is InChI=1S/C3H6ClNO/c4-1-3(5)2-6/h2-3H,1,5H2/t3-/m0/s1. The van der Waals surface area contributed by atoms with E-state index in [-0.39, 0.29) is 5.88 Å². The first kappa shape index (κ1) is 5.92. The summed E-state index contributed by atoms with van der Waals surface area (Å²) in [5, 5.41) is 0. The van der Waals surface area contributed by atoms with E-state index in [9.17, 15) is 4.79 Å². The van der Waals surface area contributed by atoms with Crippen molar-refractivity contribution < 1.29 is 4.79 Å². The maximum atomic E-state index is 9.53. The van der Waals surface area contributed by atoms with Gasteiger partial charge in [0.2, 0.25) is 0 Å². The van der Waals surface area contributed by atoms with E-state index in [1.807, 2.05) is 0 Å². The third-order valence-corrected chi connectivity index (χ3v) is 0.709. The molecule has 2 nitrogen and oxygen atoms in total. The second kappa shape index (κ2) is 3.12. The Morgan fingerprint density at radius 1 is 2.00 bits per heavy atom. The molecule has 0 aliphatic rings. The molecule has 0 radical (unpaired) electrons. The van der Waals surface area contributed by atoms with Crippen molar-refractivity contribution in [3.63, 3.8) is 0 Å². The minimum absolute atomic E-state index is 0.212. The van der Waals surface area contributed by atoms with Gasteiger partial charge in [-0.1, -0.05) is 0 Å². The van der Waals surface area contributed by atoms with Crippen LogP contribution in [0.5, 0.6) is 0 Å². The van der Waals surface area contributed by atoms with Crippen LogP contribution in [0.1, 0.15) is 0 Å². The van der Waals surface area contributed by atoms with Gasteiger partial charge < -0.3 is 10.5 Å². The molecule has 0 aromatic rings. The summed E-state index contributed by atoms with van der Waals surface area (Å²) in [6, 6.07) is -0.480. The van der Waals surface area contributed by atoms with Crippen LogP contribution in [-0.2, 0) is 4.79 Å². The molecule has 6 heavy (non-hydrogen) atoms. The molecule has 0 rings (SSSR count). The summed E-state index contributed by atoms with van der Waals surface area (Å²) < 4.78 is 0. The molecule has 1 atom stereocenters. The van der Waals surface area contributed by atoms with Gasteiger partial charge in [0, 0.05) is 5.88 Å². The van der Waals surface area contributed by atoms with Crippen LogP contribution in [0.15, 0.2) is 0 Å². The first-order valence-corrected chi connectivity index (χ1v) is 2.11. The Labute approximate surface area is 41.3 Å². The molecule has 0 unspecified atom stereocenters. The van der Waals surface area contributed by atoms with Crippen molar-refractivity contribution in [2.75, 3.05) is 5.88 Å². The fourth-order valence-corrected chi connectivity index (χ4v) is 0.109. The fraction of sp³-hybridized carbons (Fsp3) is 0.667. The maximum absolute atomic E-state index is 9.53. The Morgan fingerprint density at radius 2 is 2.50 bits per heavy atom. The molecule has 0 fully saturated rings. The van der Waals surface area contributed by atoms with Gasteiger partial charge >= 0.3 is 0 Å². The van der Waals surface area contributed by atoms with Gasteiger partial charge in [0.05, 0.1) is 6.04 Å². The maximum Gasteiger partial charge on any atom is 0.137 e. The molecule has 0 saturated heterocycles. The fourth-order valence-electron chi connectivity index (χ4n) is 0.0364. The minimum Gasteiger partial charge on any atom is -0.321 e. The van der Waals surface area contributed by atoms with Gasteiger partial charge in [0.15, 0.2) is 0 Å². The highest BCUT2D eigenvalue weighted by molar-refractivity contribution is 6.19. The monoisotopic (exact) mass is 107 g/mol. The molecule has 0 aromatic carbocycles. The van der Waals surface area contributed by atoms with E-state index < -0.39 is 6.04 Å². The van der Waals surface area contributed by atoms with Crippen molar-refractivity contribution in [2.45, 2.75) is 6.04 Å². The molecule has 0 aliphatic heterocycles. The Hall–Kier alpha value is -0.0800. The molecule has 2 N–H and O–H groups in total. The topological polar surface area (TPSA) is 43.1 Å². The molecule has 36 valence electrons. The SMILES string of the molecule is N[C@H](C=O)CCl. The third-order valence-electron chi connectivity index (χ3n) is 0.353. The predicted molar refractivity (Wildman–Crippen MR) is 24.8 cm³/mol. The van der Waals surface area contributed by atoms with Crippen LogP contribution in [-0.4, -0.2) is 18.2 Å². The number of alkyl halides is 1. The molecular formula is C3H6ClNO. The number of aldehydes is 1. The van der Waals surface area contributed by atoms with Crippen LogP contribution in [0, 0.1) is 0 Å². The first-order valence-electron chi connectivity index (χ1n) is 1.58. The summed E-state index contributed by atoms with van der Waals surface area (Å²) in [4.78, 5) is 9.53. The molecule has 0 aliphatic carbocycles. The van der Waals surface area contributed by atoms with Crippen molar-refractivity contribution in [1.82, 2.24) is 0 Å². The highest BCUT2D eigenvalue weighted by Crippen LogP contribution is 1.74. The van der Waals surface area contributed by atoms with Crippen molar-refractivity contribution in [3.8, 4) is 0 Å². The summed E-state index contributed by atoms with van der Waals surface area (Å²) in [6.07, 6.45) is 0.618. The first-order chi connectivity index (χ1) is 2.81. The van der Waals surface area contributed by atoms with Crippen LogP contribution in [0.4, 0.5) is 0 Å². The van der Waals surface area contributed by atoms with Crippen LogP contribution >= 0.6 is 11.6 Å². The van der Waals surface area contributed by atoms with Crippen molar-refractivity contribution in [3.05, 3.63) is 0 Å². The second-order valence-electron chi connectivity index (χ2n) is 0.954. The second-order valence-corrected chi connectivity index (χ2v) is 1.26. The largest absolute Gasteiger partial charge is 0.321 e. The van der Waals surface area contributed by atoms with Crippen molar-refractivity contribution in [2.24, 2.45) is 5.73 Å². The van der Waals surface area contributed by atoms with Gasteiger partial charge in [-0.15, -0.1) is 11.6 Å². The van der Waals surface area contributed by atoms with Gasteiger partial charge in [-0.3, -0.25) is 0 Å². The van der Waals surface area contributed by atoms with E-state index in [2.05, 4.69) is 0 Å². The average Bonchev–Trinajstić information content (AvgIpc) is 1.65. The molecular weight excluding hydrogens is 101 g/mol. The van der Waals surface area contributed by atoms with Crippen molar-refractivity contribution in [1.29, 1.82) is 0 Å². The molecule has 0 aromatic heterocycles. The molecule has 0 bridgehead atoms. The third kappa shape index (κ3) is 2.18. The number of carbonyl (C=O) groups is 1. The Morgan fingerprint density at radius 3 is 2.50 bits per heavy atom. The molecule has 0 amide bonds. The number of hydrogen-bond acceptors (Lipinski definition) is 2. The lowest BCUT2D eigenvalue weighted by atomic mass is 10.4. The Kier molecular flexibility index (Phi) is 3.08. The van der Waals surface area contributed by atoms with E-state index >= 15 is 0 Å². The Bertz CT molecular complexity index is 48.1. The van der Waals surface area contributed by atoms with Crippen LogP contribution in [0.3, 0.4) is 0 Å². The molecule has 0 saturated carbocycles. The van der Waals surface area contributed by atoms with Crippen LogP contribution < -0.4 is 5.73 Å². The van der Waals surface area contributed by atoms with E-state index in [1.165, 1.54) is 0 Å². The minimum atomic E-state index is -0.480. The van der Waals surface area contributed by atoms with Gasteiger partial charge in [-0.05, 0) is 0 Å². The van der Waals surface area contributed by atoms with Crippen LogP contribution in [0.25, 0.3) is 0 Å². The van der Waals surface area contributed by atoms with Crippen LogP contribution in [0.2, 0.25) is 0 Å². The number of hydrogen-bond donors (Lipinski definition) is 1. The van der Waals surface area contributed by atoms with Gasteiger partial charge in [0.1, 0.15) is 6.29 Å². The number of rotatable bonds is 2. The summed E-state index contributed by atoms with van der Waals surface area (Å²) in [5.74, 6) is 0.212. The normalized spacial score (nSPS) is 13.7. The van der Waals surface area contributed by atoms with Gasteiger partial charge in [-0.25, -0.2) is 0 Å². The van der Waals surface area contributed by atoms with E-state index in [0.29, 0.717) is 6.29 Å². The Balaban J connectivity index is 2.96. The zero-order valence-electron chi connectivity index (χ0n) is 3.23. The summed E-state index contributed by atoms with van der Waals surface area (Å²) in [7, 11) is 0. The zero-order valence-corrected chi connectivity index (χ0v) is 3.98. The predicted octanol–water partition coefficient (Wildman–Crippen LogP) is -0.249. The molecule has 0 spiro atoms. The van der Waals surface area contributed by atoms with Gasteiger partial charge in [0.25, 0.3) is 0 Å². The lowest BCUT2D eigenvalue weighted by Gasteiger charge is -1.88. The number of nitrogens with two attached hydrogens (primary N) is 1. The lowest BCUT2D eigenvalue weighted by Crippen LogP contribution is -2.22. The van der Waals surface area contributed by atoms with Crippen molar-refractivity contribution >= 4 is 17.9 Å². The number of carbonyl (C=O) groups excluding carboxylic acids is 1. The van der Waals surface area contributed by atoms with E-state index in [4.69, 9.17) is 17.3 Å². The zero-order chi connectivity index (χ0) is 4.99. The highest BCUT2D eigenvalue weighted by atomic mass is 35.5. The van der Waals surface area contributed by atoms with E-state index in [1.54, 1.807) is 0 Å². The average molecular weight is 108 g/mol. The lowest BCUT2D eigenvalue weighted by molar-refractivity contribution is -0.108. The molecule has 3 heteroatoms. The molecule has 0 heterocycles. The summed E-state index contributed by atoms with van der Waals surface area (Å²) in [5.41, 5.74) is 4.97.